The van der Waals surface area contributed by atoms with E-state index < -0.39 is 0 Å². The van der Waals surface area contributed by atoms with Crippen LogP contribution in [0.1, 0.15) is 11.9 Å². The van der Waals surface area contributed by atoms with Crippen molar-refractivity contribution in [2.45, 2.75) is 13.0 Å². The number of benzene rings is 1. The van der Waals surface area contributed by atoms with Gasteiger partial charge < -0.3 is 0 Å². The summed E-state index contributed by atoms with van der Waals surface area (Å²) in [6, 6.07) is 8.69. The van der Waals surface area contributed by atoms with Gasteiger partial charge in [0.1, 0.15) is 10.1 Å². The highest BCUT2D eigenvalue weighted by Crippen LogP contribution is 2.29. The van der Waals surface area contributed by atoms with Gasteiger partial charge in [-0.15, -0.1) is 23.1 Å². The van der Waals surface area contributed by atoms with Crippen molar-refractivity contribution in [3.63, 3.8) is 0 Å². The minimum atomic E-state index is 0.442. The Morgan fingerprint density at radius 2 is 2.20 bits per heavy atom. The second-order valence-electron chi connectivity index (χ2n) is 3.58. The molecule has 0 saturated carbocycles. The van der Waals surface area contributed by atoms with Gasteiger partial charge >= 0.3 is 0 Å². The van der Waals surface area contributed by atoms with Crippen molar-refractivity contribution in [2.24, 2.45) is 4.99 Å². The molecule has 2 aromatic rings. The molecular weight excluding hydrogens is 224 g/mol. The third-order valence-corrected chi connectivity index (χ3v) is 4.67. The number of aliphatic imine (C=N–C) groups is 1. The van der Waals surface area contributed by atoms with E-state index in [2.05, 4.69) is 35.1 Å². The number of hydrogen-bond donors (Lipinski definition) is 0. The minimum absolute atomic E-state index is 0.442. The number of aromatic nitrogens is 1. The maximum absolute atomic E-state index is 4.60. The van der Waals surface area contributed by atoms with E-state index in [1.807, 2.05) is 17.8 Å². The molecule has 0 radical (unpaired) electrons. The van der Waals surface area contributed by atoms with Gasteiger partial charge in [-0.2, -0.15) is 0 Å². The van der Waals surface area contributed by atoms with Crippen molar-refractivity contribution >= 4 is 38.4 Å². The number of nitrogens with zero attached hydrogens (tertiary/aromatic N) is 2. The van der Waals surface area contributed by atoms with Gasteiger partial charge in [-0.3, -0.25) is 4.99 Å². The van der Waals surface area contributed by atoms with Crippen molar-refractivity contribution in [3.8, 4) is 0 Å². The van der Waals surface area contributed by atoms with E-state index in [0.717, 1.165) is 21.3 Å². The molecule has 4 heteroatoms. The molecule has 1 aliphatic rings. The highest BCUT2D eigenvalue weighted by atomic mass is 32.2. The van der Waals surface area contributed by atoms with Crippen LogP contribution in [0.3, 0.4) is 0 Å². The first-order chi connectivity index (χ1) is 7.33. The van der Waals surface area contributed by atoms with Gasteiger partial charge in [-0.25, -0.2) is 4.98 Å². The molecule has 0 fully saturated rings. The van der Waals surface area contributed by atoms with Gasteiger partial charge in [-0.05, 0) is 19.1 Å². The van der Waals surface area contributed by atoms with Crippen molar-refractivity contribution in [1.82, 2.24) is 4.98 Å². The maximum Gasteiger partial charge on any atom is 0.149 e. The zero-order valence-corrected chi connectivity index (χ0v) is 9.94. The van der Waals surface area contributed by atoms with Crippen LogP contribution in [0.2, 0.25) is 0 Å². The van der Waals surface area contributed by atoms with Crippen LogP contribution in [-0.2, 0) is 0 Å². The normalized spacial score (nSPS) is 20.9. The molecule has 0 spiro atoms. The first-order valence-corrected chi connectivity index (χ1v) is 6.70. The average molecular weight is 234 g/mol. The summed E-state index contributed by atoms with van der Waals surface area (Å²) in [6.45, 7) is 2.15. The monoisotopic (exact) mass is 234 g/mol. The predicted molar refractivity (Wildman–Crippen MR) is 68.1 cm³/mol. The highest BCUT2D eigenvalue weighted by Gasteiger charge is 2.18. The number of para-hydroxylation sites is 1. The molecule has 2 nitrogen and oxygen atoms in total. The van der Waals surface area contributed by atoms with Crippen LogP contribution in [0, 0.1) is 0 Å². The molecule has 0 aliphatic carbocycles. The Morgan fingerprint density at radius 3 is 2.93 bits per heavy atom. The number of rotatable bonds is 1. The number of thioether (sulfide) groups is 1. The van der Waals surface area contributed by atoms with Gasteiger partial charge in [0.25, 0.3) is 0 Å². The quantitative estimate of drug-likeness (QED) is 0.757. The van der Waals surface area contributed by atoms with E-state index in [1.165, 1.54) is 4.70 Å². The van der Waals surface area contributed by atoms with Gasteiger partial charge in [0.2, 0.25) is 0 Å². The zero-order valence-electron chi connectivity index (χ0n) is 8.30. The Labute approximate surface area is 96.4 Å². The van der Waals surface area contributed by atoms with Crippen molar-refractivity contribution in [2.75, 3.05) is 5.75 Å². The van der Waals surface area contributed by atoms with E-state index in [9.17, 15) is 0 Å². The Bertz CT molecular complexity index is 497. The van der Waals surface area contributed by atoms with Gasteiger partial charge in [0, 0.05) is 5.75 Å². The topological polar surface area (TPSA) is 25.2 Å². The third-order valence-electron chi connectivity index (χ3n) is 2.28. The van der Waals surface area contributed by atoms with E-state index in [4.69, 9.17) is 0 Å². The van der Waals surface area contributed by atoms with E-state index >= 15 is 0 Å². The smallest absolute Gasteiger partial charge is 0.149 e. The maximum atomic E-state index is 4.60. The largest absolute Gasteiger partial charge is 0.271 e. The number of thiazole rings is 1. The summed E-state index contributed by atoms with van der Waals surface area (Å²) >= 11 is 3.55. The Balaban J connectivity index is 2.09. The van der Waals surface area contributed by atoms with Crippen molar-refractivity contribution < 1.29 is 0 Å². The Morgan fingerprint density at radius 1 is 1.33 bits per heavy atom. The molecule has 0 amide bonds. The van der Waals surface area contributed by atoms with Crippen molar-refractivity contribution in [3.05, 3.63) is 29.3 Å². The molecule has 0 unspecified atom stereocenters. The van der Waals surface area contributed by atoms with Gasteiger partial charge in [0.05, 0.1) is 16.3 Å². The number of hydrogen-bond acceptors (Lipinski definition) is 4. The highest BCUT2D eigenvalue weighted by molar-refractivity contribution is 8.15. The first kappa shape index (κ1) is 9.36. The fraction of sp³-hybridized carbons (Fsp3) is 0.273. The summed E-state index contributed by atoms with van der Waals surface area (Å²) in [4.78, 5) is 9.18. The fourth-order valence-corrected chi connectivity index (χ4v) is 3.61. The van der Waals surface area contributed by atoms with Crippen LogP contribution in [0.25, 0.3) is 10.2 Å². The molecule has 0 N–H and O–H groups in total. The molecule has 1 aromatic carbocycles. The first-order valence-electron chi connectivity index (χ1n) is 4.89. The summed E-state index contributed by atoms with van der Waals surface area (Å²) < 4.78 is 1.25. The number of fused-ring (bicyclic) bond motifs is 1. The molecule has 0 bridgehead atoms. The van der Waals surface area contributed by atoms with Crippen LogP contribution >= 0.6 is 23.1 Å². The lowest BCUT2D eigenvalue weighted by molar-refractivity contribution is 0.865. The summed E-state index contributed by atoms with van der Waals surface area (Å²) in [6.07, 6.45) is 0. The molecule has 15 heavy (non-hydrogen) atoms. The molecule has 1 atom stereocenters. The van der Waals surface area contributed by atoms with Gasteiger partial charge in [-0.1, -0.05) is 12.1 Å². The second kappa shape index (κ2) is 3.61. The lowest BCUT2D eigenvalue weighted by Gasteiger charge is -1.89. The molecule has 2 heterocycles. The summed E-state index contributed by atoms with van der Waals surface area (Å²) in [5.74, 6) is 1.09. The summed E-state index contributed by atoms with van der Waals surface area (Å²) in [5, 5.41) is 2.19. The van der Waals surface area contributed by atoms with E-state index in [1.54, 1.807) is 11.3 Å². The van der Waals surface area contributed by atoms with E-state index in [-0.39, 0.29) is 0 Å². The van der Waals surface area contributed by atoms with Crippen LogP contribution in [0.5, 0.6) is 0 Å². The average Bonchev–Trinajstić information content (AvgIpc) is 2.82. The van der Waals surface area contributed by atoms with Crippen molar-refractivity contribution in [1.29, 1.82) is 0 Å². The minimum Gasteiger partial charge on any atom is -0.271 e. The molecule has 1 aliphatic heterocycles. The lowest BCUT2D eigenvalue weighted by atomic mass is 10.3. The van der Waals surface area contributed by atoms with Gasteiger partial charge in [0.15, 0.2) is 0 Å². The predicted octanol–water partition coefficient (Wildman–Crippen LogP) is 3.18. The van der Waals surface area contributed by atoms with Crippen LogP contribution in [0.4, 0.5) is 0 Å². The third kappa shape index (κ3) is 1.68. The molecule has 1 aromatic heterocycles. The zero-order chi connectivity index (χ0) is 10.3. The Kier molecular flexibility index (Phi) is 2.25. The molecular formula is C11H10N2S2. The standard InChI is InChI=1S/C11H10N2S2/c1-7-6-14-10(12-7)11-13-8-4-2-3-5-9(8)15-11/h2-5,7H,6H2,1H3/t7-/m0/s1. The van der Waals surface area contributed by atoms with E-state index in [0.29, 0.717) is 6.04 Å². The van der Waals surface area contributed by atoms with Crippen LogP contribution in [0.15, 0.2) is 29.3 Å². The molecule has 76 valence electrons. The Hall–Kier alpha value is -0.870. The SMILES string of the molecule is C[C@H]1CSC(c2nc3ccccc3s2)=N1. The summed E-state index contributed by atoms with van der Waals surface area (Å²) in [7, 11) is 0. The summed E-state index contributed by atoms with van der Waals surface area (Å²) in [5.41, 5.74) is 1.08. The molecule has 3 rings (SSSR count). The molecule has 0 saturated heterocycles. The second-order valence-corrected chi connectivity index (χ2v) is 5.62. The van der Waals surface area contributed by atoms with Crippen LogP contribution < -0.4 is 0 Å². The lowest BCUT2D eigenvalue weighted by Crippen LogP contribution is -1.93. The fourth-order valence-electron chi connectivity index (χ4n) is 1.55. The van der Waals surface area contributed by atoms with Crippen LogP contribution in [-0.4, -0.2) is 21.8 Å².